The minimum absolute atomic E-state index is 0.335. The van der Waals surface area contributed by atoms with Gasteiger partial charge in [0.05, 0.1) is 6.61 Å². The lowest BCUT2D eigenvalue weighted by Crippen LogP contribution is -2.33. The highest BCUT2D eigenvalue weighted by Crippen LogP contribution is 2.15. The van der Waals surface area contributed by atoms with Gasteiger partial charge in [0.25, 0.3) is 0 Å². The number of benzene rings is 1. The van der Waals surface area contributed by atoms with Gasteiger partial charge in [-0.05, 0) is 56.8 Å². The molecule has 2 N–H and O–H groups in total. The maximum absolute atomic E-state index is 5.50. The predicted octanol–water partition coefficient (Wildman–Crippen LogP) is 3.17. The Hall–Kier alpha value is -1.29. The number of rotatable bonds is 5. The fourth-order valence-electron chi connectivity index (χ4n) is 1.28. The van der Waals surface area contributed by atoms with Crippen molar-refractivity contribution in [2.75, 3.05) is 11.9 Å². The third-order valence-electron chi connectivity index (χ3n) is 2.00. The van der Waals surface area contributed by atoms with E-state index in [0.717, 1.165) is 24.5 Å². The largest absolute Gasteiger partial charge is 0.494 e. The van der Waals surface area contributed by atoms with E-state index in [1.807, 2.05) is 24.3 Å². The maximum atomic E-state index is 5.50. The molecule has 0 amide bonds. The molecule has 1 aromatic carbocycles. The number of thiocarbonyl (C=S) groups is 1. The van der Waals surface area contributed by atoms with Crippen molar-refractivity contribution in [3.63, 3.8) is 0 Å². The highest BCUT2D eigenvalue weighted by Gasteiger charge is 1.99. The van der Waals surface area contributed by atoms with E-state index in [2.05, 4.69) is 31.4 Å². The Morgan fingerprint density at radius 2 is 1.94 bits per heavy atom. The first kappa shape index (κ1) is 13.8. The van der Waals surface area contributed by atoms with Gasteiger partial charge in [0.15, 0.2) is 5.11 Å². The average molecular weight is 252 g/mol. The van der Waals surface area contributed by atoms with Gasteiger partial charge in [-0.2, -0.15) is 0 Å². The minimum Gasteiger partial charge on any atom is -0.494 e. The first-order valence-electron chi connectivity index (χ1n) is 5.92. The first-order valence-corrected chi connectivity index (χ1v) is 6.33. The molecular formula is C13H20N2OS. The van der Waals surface area contributed by atoms with Crippen molar-refractivity contribution in [2.24, 2.45) is 0 Å². The van der Waals surface area contributed by atoms with Crippen LogP contribution < -0.4 is 15.4 Å². The summed E-state index contributed by atoms with van der Waals surface area (Å²) in [6.45, 7) is 6.94. The van der Waals surface area contributed by atoms with Crippen molar-refractivity contribution in [1.29, 1.82) is 0 Å². The second-order valence-corrected chi connectivity index (χ2v) is 4.53. The van der Waals surface area contributed by atoms with Crippen molar-refractivity contribution in [1.82, 2.24) is 5.32 Å². The standard InChI is InChI=1S/C13H20N2OS/c1-4-9-16-12-7-5-11(6-8-12)15-13(17)14-10(2)3/h5-8,10H,4,9H2,1-3H3,(H2,14,15,17). The number of hydrogen-bond donors (Lipinski definition) is 2. The number of ether oxygens (including phenoxy) is 1. The second-order valence-electron chi connectivity index (χ2n) is 4.13. The predicted molar refractivity (Wildman–Crippen MR) is 76.7 cm³/mol. The van der Waals surface area contributed by atoms with Gasteiger partial charge in [-0.3, -0.25) is 0 Å². The molecule has 0 saturated heterocycles. The van der Waals surface area contributed by atoms with E-state index in [0.29, 0.717) is 11.2 Å². The van der Waals surface area contributed by atoms with Gasteiger partial charge in [0, 0.05) is 11.7 Å². The summed E-state index contributed by atoms with van der Waals surface area (Å²) in [4.78, 5) is 0. The van der Waals surface area contributed by atoms with Crippen molar-refractivity contribution in [3.8, 4) is 5.75 Å². The summed E-state index contributed by atoms with van der Waals surface area (Å²) in [7, 11) is 0. The molecular weight excluding hydrogens is 232 g/mol. The molecule has 0 aliphatic rings. The van der Waals surface area contributed by atoms with Gasteiger partial charge < -0.3 is 15.4 Å². The van der Waals surface area contributed by atoms with Gasteiger partial charge >= 0.3 is 0 Å². The third-order valence-corrected chi connectivity index (χ3v) is 2.22. The highest BCUT2D eigenvalue weighted by atomic mass is 32.1. The summed E-state index contributed by atoms with van der Waals surface area (Å²) in [6.07, 6.45) is 1.02. The van der Waals surface area contributed by atoms with Crippen LogP contribution in [0.25, 0.3) is 0 Å². The zero-order valence-electron chi connectivity index (χ0n) is 10.6. The normalized spacial score (nSPS) is 10.1. The maximum Gasteiger partial charge on any atom is 0.170 e. The third kappa shape index (κ3) is 5.54. The zero-order chi connectivity index (χ0) is 12.7. The Morgan fingerprint density at radius 1 is 1.29 bits per heavy atom. The van der Waals surface area contributed by atoms with Gasteiger partial charge in [0.1, 0.15) is 5.75 Å². The molecule has 0 saturated carbocycles. The van der Waals surface area contributed by atoms with Gasteiger partial charge in [-0.15, -0.1) is 0 Å². The average Bonchev–Trinajstić information content (AvgIpc) is 2.27. The van der Waals surface area contributed by atoms with E-state index < -0.39 is 0 Å². The molecule has 0 aliphatic carbocycles. The molecule has 0 radical (unpaired) electrons. The number of nitrogens with one attached hydrogen (secondary N) is 2. The Labute approximate surface area is 109 Å². The molecule has 0 heterocycles. The Balaban J connectivity index is 2.47. The molecule has 1 aromatic rings. The van der Waals surface area contributed by atoms with Crippen molar-refractivity contribution in [2.45, 2.75) is 33.2 Å². The quantitative estimate of drug-likeness (QED) is 0.789. The van der Waals surface area contributed by atoms with Crippen molar-refractivity contribution in [3.05, 3.63) is 24.3 Å². The van der Waals surface area contributed by atoms with Crippen LogP contribution in [0.5, 0.6) is 5.75 Å². The van der Waals surface area contributed by atoms with E-state index in [9.17, 15) is 0 Å². The lowest BCUT2D eigenvalue weighted by molar-refractivity contribution is 0.317. The fraction of sp³-hybridized carbons (Fsp3) is 0.462. The van der Waals surface area contributed by atoms with Crippen molar-refractivity contribution < 1.29 is 4.74 Å². The van der Waals surface area contributed by atoms with Crippen LogP contribution in [0.1, 0.15) is 27.2 Å². The summed E-state index contributed by atoms with van der Waals surface area (Å²) >= 11 is 5.16. The molecule has 0 aliphatic heterocycles. The molecule has 0 atom stereocenters. The first-order chi connectivity index (χ1) is 8.11. The van der Waals surface area contributed by atoms with Crippen LogP contribution >= 0.6 is 12.2 Å². The van der Waals surface area contributed by atoms with E-state index in [-0.39, 0.29) is 0 Å². The van der Waals surface area contributed by atoms with Crippen LogP contribution in [-0.4, -0.2) is 17.8 Å². The van der Waals surface area contributed by atoms with Crippen molar-refractivity contribution >= 4 is 23.0 Å². The van der Waals surface area contributed by atoms with Crippen LogP contribution in [0.3, 0.4) is 0 Å². The van der Waals surface area contributed by atoms with Gasteiger partial charge in [-0.1, -0.05) is 6.92 Å². The minimum atomic E-state index is 0.335. The lowest BCUT2D eigenvalue weighted by atomic mass is 10.3. The van der Waals surface area contributed by atoms with Crippen LogP contribution in [0.2, 0.25) is 0 Å². The van der Waals surface area contributed by atoms with Crippen LogP contribution in [0.15, 0.2) is 24.3 Å². The molecule has 0 spiro atoms. The molecule has 3 nitrogen and oxygen atoms in total. The molecule has 0 bridgehead atoms. The SMILES string of the molecule is CCCOc1ccc(NC(=S)NC(C)C)cc1. The topological polar surface area (TPSA) is 33.3 Å². The monoisotopic (exact) mass is 252 g/mol. The Kier molecular flexibility index (Phi) is 5.77. The van der Waals surface area contributed by atoms with Gasteiger partial charge in [-0.25, -0.2) is 0 Å². The Bertz CT molecular complexity index is 349. The van der Waals surface area contributed by atoms with Gasteiger partial charge in [0.2, 0.25) is 0 Å². The molecule has 0 fully saturated rings. The van der Waals surface area contributed by atoms with Crippen LogP contribution in [0, 0.1) is 0 Å². The smallest absolute Gasteiger partial charge is 0.170 e. The highest BCUT2D eigenvalue weighted by molar-refractivity contribution is 7.80. The van der Waals surface area contributed by atoms with E-state index >= 15 is 0 Å². The van der Waals surface area contributed by atoms with E-state index in [1.165, 1.54) is 0 Å². The molecule has 0 unspecified atom stereocenters. The molecule has 17 heavy (non-hydrogen) atoms. The summed E-state index contributed by atoms with van der Waals surface area (Å²) in [5, 5.41) is 6.89. The van der Waals surface area contributed by atoms with Crippen LogP contribution in [-0.2, 0) is 0 Å². The van der Waals surface area contributed by atoms with Crippen LogP contribution in [0.4, 0.5) is 5.69 Å². The second kappa shape index (κ2) is 7.12. The number of hydrogen-bond acceptors (Lipinski definition) is 2. The summed E-state index contributed by atoms with van der Waals surface area (Å²) in [5.41, 5.74) is 0.965. The summed E-state index contributed by atoms with van der Waals surface area (Å²) < 4.78 is 5.50. The summed E-state index contributed by atoms with van der Waals surface area (Å²) in [6, 6.07) is 8.13. The molecule has 1 rings (SSSR count). The number of anilines is 1. The summed E-state index contributed by atoms with van der Waals surface area (Å²) in [5.74, 6) is 0.889. The lowest BCUT2D eigenvalue weighted by Gasteiger charge is -2.13. The van der Waals surface area contributed by atoms with E-state index in [1.54, 1.807) is 0 Å². The van der Waals surface area contributed by atoms with E-state index in [4.69, 9.17) is 17.0 Å². The Morgan fingerprint density at radius 3 is 2.47 bits per heavy atom. The molecule has 94 valence electrons. The molecule has 4 heteroatoms. The molecule has 0 aromatic heterocycles. The zero-order valence-corrected chi connectivity index (χ0v) is 11.4. The fourth-order valence-corrected chi connectivity index (χ4v) is 1.64.